The second-order valence-electron chi connectivity index (χ2n) is 8.22. The van der Waals surface area contributed by atoms with Crippen LogP contribution in [0.3, 0.4) is 0 Å². The Hall–Kier alpha value is -3.03. The van der Waals surface area contributed by atoms with Crippen LogP contribution in [0, 0.1) is 18.7 Å². The predicted molar refractivity (Wildman–Crippen MR) is 113 cm³/mol. The van der Waals surface area contributed by atoms with Crippen LogP contribution in [0.15, 0.2) is 24.5 Å². The van der Waals surface area contributed by atoms with Crippen LogP contribution in [0.4, 0.5) is 15.9 Å². The van der Waals surface area contributed by atoms with Crippen molar-refractivity contribution in [3.63, 3.8) is 0 Å². The lowest BCUT2D eigenvalue weighted by Gasteiger charge is -2.32. The predicted octanol–water partition coefficient (Wildman–Crippen LogP) is 3.47. The molecule has 0 bridgehead atoms. The zero-order valence-corrected chi connectivity index (χ0v) is 17.1. The number of carbonyl (C=O) groups is 1. The molecule has 1 aromatic carbocycles. The number of hydrogen-bond donors (Lipinski definition) is 1. The van der Waals surface area contributed by atoms with E-state index in [2.05, 4.69) is 24.8 Å². The summed E-state index contributed by atoms with van der Waals surface area (Å²) in [6.07, 6.45) is 6.36. The molecule has 2 aliphatic rings. The molecule has 4 heterocycles. The van der Waals surface area contributed by atoms with Crippen molar-refractivity contribution in [2.75, 3.05) is 23.3 Å². The standard InChI is InChI=1S/C22H25FN6O/c1-14-5-6-16(12-17(14)23)26-22(30)15-7-10-28(11-8-15)20-19-21(25-13-24-20)29-9-3-2-4-18(29)27-19/h5-6,12-13,15H,2-4,7-11H2,1H3,(H,26,30). The van der Waals surface area contributed by atoms with Gasteiger partial charge in [-0.1, -0.05) is 6.07 Å². The van der Waals surface area contributed by atoms with Gasteiger partial charge in [-0.15, -0.1) is 0 Å². The van der Waals surface area contributed by atoms with Gasteiger partial charge < -0.3 is 14.8 Å². The van der Waals surface area contributed by atoms with Crippen molar-refractivity contribution in [2.45, 2.75) is 45.6 Å². The Morgan fingerprint density at radius 2 is 2.00 bits per heavy atom. The van der Waals surface area contributed by atoms with Crippen molar-refractivity contribution in [3.05, 3.63) is 41.7 Å². The van der Waals surface area contributed by atoms with E-state index in [1.165, 1.54) is 6.07 Å². The Kier molecular flexibility index (Phi) is 4.84. The summed E-state index contributed by atoms with van der Waals surface area (Å²) in [5.41, 5.74) is 2.86. The summed E-state index contributed by atoms with van der Waals surface area (Å²) in [6, 6.07) is 4.79. The van der Waals surface area contributed by atoms with Crippen LogP contribution < -0.4 is 10.2 Å². The smallest absolute Gasteiger partial charge is 0.227 e. The van der Waals surface area contributed by atoms with Gasteiger partial charge in [0.2, 0.25) is 5.91 Å². The van der Waals surface area contributed by atoms with E-state index in [-0.39, 0.29) is 17.6 Å². The largest absolute Gasteiger partial charge is 0.355 e. The number of nitrogens with zero attached hydrogens (tertiary/aromatic N) is 5. The normalized spacial score (nSPS) is 17.2. The average Bonchev–Trinajstić information content (AvgIpc) is 3.15. The highest BCUT2D eigenvalue weighted by Crippen LogP contribution is 2.30. The number of nitrogens with one attached hydrogen (secondary N) is 1. The second-order valence-corrected chi connectivity index (χ2v) is 8.22. The van der Waals surface area contributed by atoms with Crippen molar-refractivity contribution < 1.29 is 9.18 Å². The maximum atomic E-state index is 13.7. The Morgan fingerprint density at radius 3 is 2.80 bits per heavy atom. The van der Waals surface area contributed by atoms with E-state index in [0.29, 0.717) is 11.3 Å². The molecule has 3 aromatic rings. The molecule has 1 saturated heterocycles. The highest BCUT2D eigenvalue weighted by molar-refractivity contribution is 5.93. The summed E-state index contributed by atoms with van der Waals surface area (Å²) >= 11 is 0. The Morgan fingerprint density at radius 1 is 1.17 bits per heavy atom. The van der Waals surface area contributed by atoms with Gasteiger partial charge in [0.25, 0.3) is 0 Å². The van der Waals surface area contributed by atoms with Gasteiger partial charge in [0, 0.05) is 37.7 Å². The zero-order chi connectivity index (χ0) is 20.7. The Labute approximate surface area is 174 Å². The molecule has 0 unspecified atom stereocenters. The van der Waals surface area contributed by atoms with E-state index in [4.69, 9.17) is 4.98 Å². The van der Waals surface area contributed by atoms with Gasteiger partial charge in [0.05, 0.1) is 0 Å². The maximum absolute atomic E-state index is 13.7. The van der Waals surface area contributed by atoms with Crippen LogP contribution in [-0.4, -0.2) is 38.5 Å². The molecule has 7 nitrogen and oxygen atoms in total. The Bertz CT molecular complexity index is 1100. The summed E-state index contributed by atoms with van der Waals surface area (Å²) in [4.78, 5) is 28.7. The quantitative estimate of drug-likeness (QED) is 0.718. The van der Waals surface area contributed by atoms with Gasteiger partial charge in [-0.2, -0.15) is 0 Å². The summed E-state index contributed by atoms with van der Waals surface area (Å²) in [5.74, 6) is 1.50. The molecule has 1 amide bonds. The number of aryl methyl sites for hydroxylation is 3. The summed E-state index contributed by atoms with van der Waals surface area (Å²) in [6.45, 7) is 4.13. The molecule has 30 heavy (non-hydrogen) atoms. The molecule has 8 heteroatoms. The molecule has 1 N–H and O–H groups in total. The van der Waals surface area contributed by atoms with E-state index < -0.39 is 0 Å². The van der Waals surface area contributed by atoms with Crippen molar-refractivity contribution in [1.29, 1.82) is 0 Å². The minimum atomic E-state index is -0.307. The first-order valence-corrected chi connectivity index (χ1v) is 10.6. The van der Waals surface area contributed by atoms with E-state index >= 15 is 0 Å². The monoisotopic (exact) mass is 408 g/mol. The van der Waals surface area contributed by atoms with Crippen LogP contribution in [-0.2, 0) is 17.8 Å². The minimum Gasteiger partial charge on any atom is -0.355 e. The lowest BCUT2D eigenvalue weighted by atomic mass is 9.95. The molecular weight excluding hydrogens is 383 g/mol. The first-order valence-electron chi connectivity index (χ1n) is 10.6. The van der Waals surface area contributed by atoms with Crippen molar-refractivity contribution in [2.24, 2.45) is 5.92 Å². The van der Waals surface area contributed by atoms with Gasteiger partial charge in [0.15, 0.2) is 17.0 Å². The van der Waals surface area contributed by atoms with Crippen LogP contribution in [0.25, 0.3) is 11.2 Å². The number of hydrogen-bond acceptors (Lipinski definition) is 5. The number of halogens is 1. The molecule has 0 spiro atoms. The summed E-state index contributed by atoms with van der Waals surface area (Å²) < 4.78 is 16.0. The number of amides is 1. The van der Waals surface area contributed by atoms with Crippen molar-refractivity contribution >= 4 is 28.6 Å². The highest BCUT2D eigenvalue weighted by atomic mass is 19.1. The van der Waals surface area contributed by atoms with Gasteiger partial charge >= 0.3 is 0 Å². The SMILES string of the molecule is Cc1ccc(NC(=O)C2CCN(c3ncnc4c3nc3n4CCCC3)CC2)cc1F. The molecular formula is C22H25FN6O. The van der Waals surface area contributed by atoms with Gasteiger partial charge in [-0.3, -0.25) is 4.79 Å². The molecule has 2 aliphatic heterocycles. The second kappa shape index (κ2) is 7.66. The number of carbonyl (C=O) groups excluding carboxylic acids is 1. The fourth-order valence-corrected chi connectivity index (χ4v) is 4.45. The van der Waals surface area contributed by atoms with E-state index in [0.717, 1.165) is 74.5 Å². The molecule has 0 saturated carbocycles. The number of benzene rings is 1. The van der Waals surface area contributed by atoms with Gasteiger partial charge in [-0.25, -0.2) is 19.3 Å². The third-order valence-electron chi connectivity index (χ3n) is 6.23. The van der Waals surface area contributed by atoms with E-state index in [1.54, 1.807) is 25.4 Å². The lowest BCUT2D eigenvalue weighted by Crippen LogP contribution is -2.38. The van der Waals surface area contributed by atoms with Crippen LogP contribution in [0.5, 0.6) is 0 Å². The van der Waals surface area contributed by atoms with Crippen molar-refractivity contribution in [1.82, 2.24) is 19.5 Å². The molecule has 0 atom stereocenters. The number of rotatable bonds is 3. The maximum Gasteiger partial charge on any atom is 0.227 e. The fourth-order valence-electron chi connectivity index (χ4n) is 4.45. The van der Waals surface area contributed by atoms with Crippen LogP contribution in [0.1, 0.15) is 37.1 Å². The average molecular weight is 408 g/mol. The number of anilines is 2. The zero-order valence-electron chi connectivity index (χ0n) is 17.1. The minimum absolute atomic E-state index is 0.0526. The van der Waals surface area contributed by atoms with E-state index in [1.807, 2.05) is 0 Å². The van der Waals surface area contributed by atoms with Gasteiger partial charge in [0.1, 0.15) is 18.0 Å². The first-order chi connectivity index (χ1) is 14.6. The topological polar surface area (TPSA) is 75.9 Å². The molecule has 5 rings (SSSR count). The van der Waals surface area contributed by atoms with Crippen LogP contribution in [0.2, 0.25) is 0 Å². The van der Waals surface area contributed by atoms with Gasteiger partial charge in [-0.05, 0) is 50.3 Å². The van der Waals surface area contributed by atoms with E-state index in [9.17, 15) is 9.18 Å². The number of imidazole rings is 1. The number of piperidine rings is 1. The summed E-state index contributed by atoms with van der Waals surface area (Å²) in [7, 11) is 0. The molecule has 1 fully saturated rings. The fraction of sp³-hybridized carbons (Fsp3) is 0.455. The van der Waals surface area contributed by atoms with Crippen LogP contribution >= 0.6 is 0 Å². The number of aromatic nitrogens is 4. The number of fused-ring (bicyclic) bond motifs is 3. The molecule has 2 aromatic heterocycles. The third kappa shape index (κ3) is 3.40. The summed E-state index contributed by atoms with van der Waals surface area (Å²) in [5, 5.41) is 2.86. The Balaban J connectivity index is 1.28. The first kappa shape index (κ1) is 19.0. The lowest BCUT2D eigenvalue weighted by molar-refractivity contribution is -0.120. The third-order valence-corrected chi connectivity index (χ3v) is 6.23. The molecule has 156 valence electrons. The van der Waals surface area contributed by atoms with Crippen molar-refractivity contribution in [3.8, 4) is 0 Å². The highest BCUT2D eigenvalue weighted by Gasteiger charge is 2.28. The molecule has 0 radical (unpaired) electrons. The molecule has 0 aliphatic carbocycles.